The van der Waals surface area contributed by atoms with Crippen LogP contribution < -0.4 is 15.4 Å². The number of imide groups is 1. The van der Waals surface area contributed by atoms with Crippen LogP contribution in [-0.2, 0) is 9.59 Å². The molecule has 0 aliphatic carbocycles. The third kappa shape index (κ3) is 4.41. The van der Waals surface area contributed by atoms with E-state index in [9.17, 15) is 19.2 Å². The molecule has 2 saturated heterocycles. The molecule has 28 heavy (non-hydrogen) atoms. The number of hydrogen-bond donors (Lipinski definition) is 2. The zero-order valence-electron chi connectivity index (χ0n) is 15.8. The van der Waals surface area contributed by atoms with Crippen LogP contribution in [0.4, 0.5) is 4.79 Å². The molecule has 150 valence electrons. The molecule has 0 atom stereocenters. The van der Waals surface area contributed by atoms with E-state index in [1.165, 1.54) is 7.11 Å². The van der Waals surface area contributed by atoms with Gasteiger partial charge in [-0.05, 0) is 30.9 Å². The number of para-hydroxylation sites is 1. The summed E-state index contributed by atoms with van der Waals surface area (Å²) in [4.78, 5) is 50.4. The molecule has 2 heterocycles. The van der Waals surface area contributed by atoms with E-state index in [4.69, 9.17) is 4.74 Å². The molecule has 2 aliphatic heterocycles. The van der Waals surface area contributed by atoms with Crippen LogP contribution in [0.2, 0.25) is 0 Å². The van der Waals surface area contributed by atoms with Crippen molar-refractivity contribution in [2.75, 3.05) is 39.8 Å². The van der Waals surface area contributed by atoms with Gasteiger partial charge in [0.1, 0.15) is 12.3 Å². The molecule has 3 rings (SSSR count). The molecule has 2 N–H and O–H groups in total. The second kappa shape index (κ2) is 8.73. The summed E-state index contributed by atoms with van der Waals surface area (Å²) in [5, 5.41) is 5.33. The molecule has 2 aliphatic rings. The Morgan fingerprint density at radius 2 is 1.93 bits per heavy atom. The van der Waals surface area contributed by atoms with E-state index < -0.39 is 6.03 Å². The number of nitrogens with zero attached hydrogens (tertiary/aromatic N) is 2. The number of amides is 5. The normalized spacial score (nSPS) is 17.5. The highest BCUT2D eigenvalue weighted by molar-refractivity contribution is 6.04. The lowest BCUT2D eigenvalue weighted by Crippen LogP contribution is -2.47. The van der Waals surface area contributed by atoms with Crippen molar-refractivity contribution >= 4 is 23.8 Å². The number of ether oxygens (including phenoxy) is 1. The van der Waals surface area contributed by atoms with Gasteiger partial charge in [-0.3, -0.25) is 19.3 Å². The molecule has 0 spiro atoms. The van der Waals surface area contributed by atoms with Crippen molar-refractivity contribution in [1.82, 2.24) is 20.4 Å². The van der Waals surface area contributed by atoms with Crippen LogP contribution in [-0.4, -0.2) is 73.4 Å². The van der Waals surface area contributed by atoms with Crippen LogP contribution in [0.15, 0.2) is 24.3 Å². The highest BCUT2D eigenvalue weighted by atomic mass is 16.5. The number of urea groups is 1. The maximum Gasteiger partial charge on any atom is 0.325 e. The highest BCUT2D eigenvalue weighted by Crippen LogP contribution is 2.19. The number of carbonyl (C=O) groups excluding carboxylic acids is 4. The Morgan fingerprint density at radius 3 is 2.57 bits per heavy atom. The molecule has 0 aromatic heterocycles. The second-order valence-electron chi connectivity index (χ2n) is 6.87. The van der Waals surface area contributed by atoms with E-state index >= 15 is 0 Å². The Hall–Kier alpha value is -3.10. The first-order valence-electron chi connectivity index (χ1n) is 9.26. The molecular weight excluding hydrogens is 364 g/mol. The van der Waals surface area contributed by atoms with Crippen molar-refractivity contribution in [2.45, 2.75) is 12.8 Å². The Balaban J connectivity index is 1.44. The summed E-state index contributed by atoms with van der Waals surface area (Å²) in [6.07, 6.45) is 1.50. The summed E-state index contributed by atoms with van der Waals surface area (Å²) in [5.41, 5.74) is 0.492. The van der Waals surface area contributed by atoms with Gasteiger partial charge in [0.25, 0.3) is 11.8 Å². The Kier molecular flexibility index (Phi) is 6.13. The van der Waals surface area contributed by atoms with Gasteiger partial charge in [-0.25, -0.2) is 4.79 Å². The summed E-state index contributed by atoms with van der Waals surface area (Å²) >= 11 is 0. The molecule has 0 unspecified atom stereocenters. The molecule has 0 saturated carbocycles. The lowest BCUT2D eigenvalue weighted by Gasteiger charge is -2.32. The van der Waals surface area contributed by atoms with Crippen LogP contribution in [0.3, 0.4) is 0 Å². The SMILES string of the molecule is COc1ccccc1C(=O)NCC1CCN(C(=O)CN2C(=O)CNC2=O)CC1. The van der Waals surface area contributed by atoms with Gasteiger partial charge in [0.05, 0.1) is 19.2 Å². The standard InChI is InChI=1S/C19H24N4O5/c1-28-15-5-3-2-4-14(15)18(26)20-10-13-6-8-22(9-7-13)17(25)12-23-16(24)11-21-19(23)27/h2-5,13H,6-12H2,1H3,(H,20,26)(H,21,27). The zero-order chi connectivity index (χ0) is 20.1. The topological polar surface area (TPSA) is 108 Å². The van der Waals surface area contributed by atoms with Crippen LogP contribution in [0, 0.1) is 5.92 Å². The van der Waals surface area contributed by atoms with Crippen LogP contribution >= 0.6 is 0 Å². The number of nitrogens with one attached hydrogen (secondary N) is 2. The first-order chi connectivity index (χ1) is 13.5. The van der Waals surface area contributed by atoms with Gasteiger partial charge < -0.3 is 20.3 Å². The molecule has 9 heteroatoms. The zero-order valence-corrected chi connectivity index (χ0v) is 15.8. The van der Waals surface area contributed by atoms with E-state index in [2.05, 4.69) is 10.6 Å². The Labute approximate surface area is 163 Å². The summed E-state index contributed by atoms with van der Waals surface area (Å²) in [7, 11) is 1.53. The predicted molar refractivity (Wildman–Crippen MR) is 99.7 cm³/mol. The number of benzene rings is 1. The third-order valence-electron chi connectivity index (χ3n) is 5.10. The molecule has 5 amide bonds. The van der Waals surface area contributed by atoms with Crippen LogP contribution in [0.1, 0.15) is 23.2 Å². The maximum atomic E-state index is 12.4. The first kappa shape index (κ1) is 19.7. The van der Waals surface area contributed by atoms with Gasteiger partial charge in [0.2, 0.25) is 5.91 Å². The van der Waals surface area contributed by atoms with E-state index in [-0.39, 0.29) is 36.7 Å². The fourth-order valence-electron chi connectivity index (χ4n) is 3.40. The van der Waals surface area contributed by atoms with Crippen molar-refractivity contribution in [1.29, 1.82) is 0 Å². The van der Waals surface area contributed by atoms with Crippen molar-refractivity contribution in [3.8, 4) is 5.75 Å². The summed E-state index contributed by atoms with van der Waals surface area (Å²) in [6, 6.07) is 6.52. The fraction of sp³-hybridized carbons (Fsp3) is 0.474. The number of methoxy groups -OCH3 is 1. The minimum absolute atomic E-state index is 0.0555. The van der Waals surface area contributed by atoms with Crippen molar-refractivity contribution in [3.63, 3.8) is 0 Å². The Bertz CT molecular complexity index is 757. The van der Waals surface area contributed by atoms with Crippen LogP contribution in [0.5, 0.6) is 5.75 Å². The molecule has 1 aromatic carbocycles. The highest BCUT2D eigenvalue weighted by Gasteiger charge is 2.32. The average molecular weight is 388 g/mol. The largest absolute Gasteiger partial charge is 0.496 e. The number of likely N-dealkylation sites (tertiary alicyclic amines) is 1. The fourth-order valence-corrected chi connectivity index (χ4v) is 3.40. The molecule has 9 nitrogen and oxygen atoms in total. The van der Waals surface area contributed by atoms with E-state index in [0.717, 1.165) is 17.7 Å². The lowest BCUT2D eigenvalue weighted by molar-refractivity contribution is -0.137. The van der Waals surface area contributed by atoms with Gasteiger partial charge in [0.15, 0.2) is 0 Å². The average Bonchev–Trinajstić information content (AvgIpc) is 3.04. The minimum atomic E-state index is -0.521. The monoisotopic (exact) mass is 388 g/mol. The summed E-state index contributed by atoms with van der Waals surface area (Å²) in [6.45, 7) is 1.32. The smallest absolute Gasteiger partial charge is 0.325 e. The molecule has 2 fully saturated rings. The number of carbonyl (C=O) groups is 4. The van der Waals surface area contributed by atoms with Gasteiger partial charge in [0, 0.05) is 19.6 Å². The minimum Gasteiger partial charge on any atom is -0.496 e. The van der Waals surface area contributed by atoms with Gasteiger partial charge in [-0.15, -0.1) is 0 Å². The first-order valence-corrected chi connectivity index (χ1v) is 9.26. The van der Waals surface area contributed by atoms with Crippen molar-refractivity contribution in [2.24, 2.45) is 5.92 Å². The number of rotatable bonds is 6. The lowest BCUT2D eigenvalue weighted by atomic mass is 9.96. The van der Waals surface area contributed by atoms with Gasteiger partial charge in [-0.2, -0.15) is 0 Å². The van der Waals surface area contributed by atoms with E-state index in [1.54, 1.807) is 23.1 Å². The molecule has 1 aromatic rings. The Morgan fingerprint density at radius 1 is 1.21 bits per heavy atom. The number of piperidine rings is 1. The van der Waals surface area contributed by atoms with Crippen molar-refractivity contribution in [3.05, 3.63) is 29.8 Å². The number of hydrogen-bond acceptors (Lipinski definition) is 5. The van der Waals surface area contributed by atoms with Crippen molar-refractivity contribution < 1.29 is 23.9 Å². The molecule has 0 bridgehead atoms. The maximum absolute atomic E-state index is 12.4. The summed E-state index contributed by atoms with van der Waals surface area (Å²) < 4.78 is 5.21. The second-order valence-corrected chi connectivity index (χ2v) is 6.87. The molecule has 0 radical (unpaired) electrons. The molecular formula is C19H24N4O5. The third-order valence-corrected chi connectivity index (χ3v) is 5.10. The van der Waals surface area contributed by atoms with Gasteiger partial charge >= 0.3 is 6.03 Å². The van der Waals surface area contributed by atoms with E-state index in [0.29, 0.717) is 30.9 Å². The predicted octanol–water partition coefficient (Wildman–Crippen LogP) is 0.215. The van der Waals surface area contributed by atoms with Crippen LogP contribution in [0.25, 0.3) is 0 Å². The summed E-state index contributed by atoms with van der Waals surface area (Å²) in [5.74, 6) is -0.0101. The van der Waals surface area contributed by atoms with Gasteiger partial charge in [-0.1, -0.05) is 12.1 Å². The quantitative estimate of drug-likeness (QED) is 0.678. The van der Waals surface area contributed by atoms with E-state index in [1.807, 2.05) is 6.07 Å².